The Bertz CT molecular complexity index is 1020. The van der Waals surface area contributed by atoms with Gasteiger partial charge in [-0.3, -0.25) is 0 Å². The molecule has 1 aromatic heterocycles. The average Bonchev–Trinajstić information content (AvgIpc) is 3.01. The number of sulfone groups is 1. The van der Waals surface area contributed by atoms with Crippen LogP contribution in [-0.4, -0.2) is 13.4 Å². The minimum Gasteiger partial charge on any atom is -0.423 e. The molecule has 2 aromatic carbocycles. The molecule has 0 amide bonds. The van der Waals surface area contributed by atoms with Crippen LogP contribution in [0.4, 0.5) is 0 Å². The standard InChI is InChI=1S/C18H14N2O3S/c1-13-6-5-7-14(10-13)12-24(21,22)18-16(11-19)20-17(23-18)15-8-3-2-4-9-15/h2-10H,12H2,1H3. The highest BCUT2D eigenvalue weighted by atomic mass is 32.2. The lowest BCUT2D eigenvalue weighted by Crippen LogP contribution is -2.06. The second kappa shape index (κ2) is 6.30. The van der Waals surface area contributed by atoms with E-state index in [1.54, 1.807) is 48.5 Å². The number of hydrogen-bond acceptors (Lipinski definition) is 5. The van der Waals surface area contributed by atoms with Gasteiger partial charge in [-0.1, -0.05) is 48.0 Å². The summed E-state index contributed by atoms with van der Waals surface area (Å²) < 4.78 is 30.7. The molecule has 120 valence electrons. The zero-order valence-electron chi connectivity index (χ0n) is 12.9. The van der Waals surface area contributed by atoms with Crippen LogP contribution in [0.25, 0.3) is 11.5 Å². The molecular weight excluding hydrogens is 324 g/mol. The van der Waals surface area contributed by atoms with E-state index in [1.807, 2.05) is 19.1 Å². The van der Waals surface area contributed by atoms with Gasteiger partial charge in [-0.2, -0.15) is 10.2 Å². The Morgan fingerprint density at radius 1 is 1.12 bits per heavy atom. The van der Waals surface area contributed by atoms with Gasteiger partial charge < -0.3 is 4.42 Å². The lowest BCUT2D eigenvalue weighted by Gasteiger charge is -2.03. The third-order valence-corrected chi connectivity index (χ3v) is 5.00. The van der Waals surface area contributed by atoms with Gasteiger partial charge in [0, 0.05) is 5.56 Å². The molecule has 0 aliphatic carbocycles. The van der Waals surface area contributed by atoms with Gasteiger partial charge in [-0.05, 0) is 24.6 Å². The maximum absolute atomic E-state index is 12.7. The van der Waals surface area contributed by atoms with E-state index in [9.17, 15) is 13.7 Å². The lowest BCUT2D eigenvalue weighted by atomic mass is 10.2. The van der Waals surface area contributed by atoms with Gasteiger partial charge in [-0.25, -0.2) is 8.42 Å². The quantitative estimate of drug-likeness (QED) is 0.727. The number of aryl methyl sites for hydroxylation is 1. The molecule has 0 aliphatic heterocycles. The highest BCUT2D eigenvalue weighted by Gasteiger charge is 2.27. The third-order valence-electron chi connectivity index (χ3n) is 3.44. The number of aromatic nitrogens is 1. The number of oxazole rings is 1. The van der Waals surface area contributed by atoms with E-state index in [4.69, 9.17) is 4.42 Å². The van der Waals surface area contributed by atoms with E-state index in [1.165, 1.54) is 0 Å². The van der Waals surface area contributed by atoms with Crippen LogP contribution in [-0.2, 0) is 15.6 Å². The van der Waals surface area contributed by atoms with Gasteiger partial charge in [0.25, 0.3) is 5.09 Å². The van der Waals surface area contributed by atoms with E-state index in [2.05, 4.69) is 4.98 Å². The van der Waals surface area contributed by atoms with Gasteiger partial charge in [0.15, 0.2) is 5.69 Å². The highest BCUT2D eigenvalue weighted by molar-refractivity contribution is 7.90. The van der Waals surface area contributed by atoms with Gasteiger partial charge in [0.2, 0.25) is 15.7 Å². The van der Waals surface area contributed by atoms with E-state index in [0.717, 1.165) is 5.56 Å². The Morgan fingerprint density at radius 3 is 2.54 bits per heavy atom. The van der Waals surface area contributed by atoms with Crippen LogP contribution in [0.3, 0.4) is 0 Å². The molecule has 0 saturated carbocycles. The fraction of sp³-hybridized carbons (Fsp3) is 0.111. The number of hydrogen-bond donors (Lipinski definition) is 0. The fourth-order valence-corrected chi connectivity index (χ4v) is 3.72. The summed E-state index contributed by atoms with van der Waals surface area (Å²) in [6.45, 7) is 1.89. The summed E-state index contributed by atoms with van der Waals surface area (Å²) in [5, 5.41) is 8.83. The zero-order chi connectivity index (χ0) is 17.2. The zero-order valence-corrected chi connectivity index (χ0v) is 13.7. The van der Waals surface area contributed by atoms with Crippen LogP contribution >= 0.6 is 0 Å². The highest BCUT2D eigenvalue weighted by Crippen LogP contribution is 2.27. The second-order valence-electron chi connectivity index (χ2n) is 5.38. The van der Waals surface area contributed by atoms with Crippen LogP contribution in [0, 0.1) is 18.3 Å². The molecule has 3 rings (SSSR count). The summed E-state index contributed by atoms with van der Waals surface area (Å²) in [5.74, 6) is -0.123. The smallest absolute Gasteiger partial charge is 0.257 e. The van der Waals surface area contributed by atoms with Gasteiger partial charge in [0.05, 0.1) is 5.75 Å². The SMILES string of the molecule is Cc1cccc(CS(=O)(=O)c2oc(-c3ccccc3)nc2C#N)c1. The van der Waals surface area contributed by atoms with Crippen LogP contribution in [0.2, 0.25) is 0 Å². The number of nitrogens with zero attached hydrogens (tertiary/aromatic N) is 2. The Labute approximate surface area is 140 Å². The predicted molar refractivity (Wildman–Crippen MR) is 88.7 cm³/mol. The molecule has 0 spiro atoms. The van der Waals surface area contributed by atoms with Crippen LogP contribution < -0.4 is 0 Å². The molecule has 0 atom stereocenters. The monoisotopic (exact) mass is 338 g/mol. The number of nitriles is 1. The summed E-state index contributed by atoms with van der Waals surface area (Å²) in [5.41, 5.74) is 2.00. The topological polar surface area (TPSA) is 84.0 Å². The van der Waals surface area contributed by atoms with Crippen molar-refractivity contribution in [2.45, 2.75) is 17.8 Å². The van der Waals surface area contributed by atoms with Crippen molar-refractivity contribution in [2.75, 3.05) is 0 Å². The Kier molecular flexibility index (Phi) is 4.19. The van der Waals surface area contributed by atoms with Crippen LogP contribution in [0.15, 0.2) is 64.1 Å². The van der Waals surface area contributed by atoms with E-state index in [0.29, 0.717) is 11.1 Å². The molecule has 5 nitrogen and oxygen atoms in total. The van der Waals surface area contributed by atoms with Gasteiger partial charge in [0.1, 0.15) is 6.07 Å². The van der Waals surface area contributed by atoms with Crippen molar-refractivity contribution < 1.29 is 12.8 Å². The summed E-state index contributed by atoms with van der Waals surface area (Å²) in [4.78, 5) is 4.02. The molecule has 0 radical (unpaired) electrons. The first-order valence-corrected chi connectivity index (χ1v) is 8.89. The maximum atomic E-state index is 12.7. The minimum absolute atomic E-state index is 0.120. The first-order valence-electron chi connectivity index (χ1n) is 7.24. The summed E-state index contributed by atoms with van der Waals surface area (Å²) >= 11 is 0. The normalized spacial score (nSPS) is 11.2. The van der Waals surface area contributed by atoms with Crippen LogP contribution in [0.1, 0.15) is 16.8 Å². The van der Waals surface area contributed by atoms with Crippen molar-refractivity contribution >= 4 is 9.84 Å². The minimum atomic E-state index is -3.81. The lowest BCUT2D eigenvalue weighted by molar-refractivity contribution is 0.457. The van der Waals surface area contributed by atoms with Crippen LogP contribution in [0.5, 0.6) is 0 Å². The molecule has 6 heteroatoms. The molecular formula is C18H14N2O3S. The average molecular weight is 338 g/mol. The molecule has 0 unspecified atom stereocenters. The Hall–Kier alpha value is -2.91. The Balaban J connectivity index is 2.02. The molecule has 0 bridgehead atoms. The molecule has 1 heterocycles. The number of rotatable bonds is 4. The molecule has 24 heavy (non-hydrogen) atoms. The molecule has 0 N–H and O–H groups in total. The molecule has 0 saturated heterocycles. The van der Waals surface area contributed by atoms with Crippen molar-refractivity contribution in [2.24, 2.45) is 0 Å². The van der Waals surface area contributed by atoms with Crippen molar-refractivity contribution in [3.63, 3.8) is 0 Å². The summed E-state index contributed by atoms with van der Waals surface area (Å²) in [6.07, 6.45) is 0. The van der Waals surface area contributed by atoms with Crippen molar-refractivity contribution in [3.05, 3.63) is 71.4 Å². The Morgan fingerprint density at radius 2 is 1.88 bits per heavy atom. The molecule has 3 aromatic rings. The maximum Gasteiger partial charge on any atom is 0.257 e. The van der Waals surface area contributed by atoms with E-state index >= 15 is 0 Å². The van der Waals surface area contributed by atoms with Gasteiger partial charge in [-0.15, -0.1) is 0 Å². The van der Waals surface area contributed by atoms with Crippen molar-refractivity contribution in [1.29, 1.82) is 5.26 Å². The largest absolute Gasteiger partial charge is 0.423 e. The summed E-state index contributed by atoms with van der Waals surface area (Å²) in [7, 11) is -3.81. The molecule has 0 fully saturated rings. The third kappa shape index (κ3) is 3.21. The van der Waals surface area contributed by atoms with Crippen molar-refractivity contribution in [3.8, 4) is 17.5 Å². The van der Waals surface area contributed by atoms with E-state index in [-0.39, 0.29) is 22.4 Å². The number of benzene rings is 2. The van der Waals surface area contributed by atoms with E-state index < -0.39 is 9.84 Å². The summed E-state index contributed by atoms with van der Waals surface area (Å²) in [6, 6.07) is 17.9. The van der Waals surface area contributed by atoms with Gasteiger partial charge >= 0.3 is 0 Å². The second-order valence-corrected chi connectivity index (χ2v) is 7.27. The fourth-order valence-electron chi connectivity index (χ4n) is 2.38. The molecule has 0 aliphatic rings. The predicted octanol–water partition coefficient (Wildman–Crippen LogP) is 3.50. The van der Waals surface area contributed by atoms with Crippen molar-refractivity contribution in [1.82, 2.24) is 4.98 Å². The first kappa shape index (κ1) is 16.0. The first-order chi connectivity index (χ1) is 11.5.